The van der Waals surface area contributed by atoms with E-state index in [9.17, 15) is 5.11 Å². The summed E-state index contributed by atoms with van der Waals surface area (Å²) in [6.45, 7) is 2.56. The van der Waals surface area contributed by atoms with Crippen molar-refractivity contribution in [2.75, 3.05) is 0 Å². The number of ether oxygens (including phenoxy) is 2. The normalized spacial score (nSPS) is 30.2. The highest BCUT2D eigenvalue weighted by molar-refractivity contribution is 5.13. The van der Waals surface area contributed by atoms with E-state index in [4.69, 9.17) is 9.47 Å². The van der Waals surface area contributed by atoms with Crippen molar-refractivity contribution in [1.82, 2.24) is 0 Å². The quantitative estimate of drug-likeness (QED) is 0.851. The molecule has 1 saturated heterocycles. The molecule has 1 aromatic carbocycles. The maximum atomic E-state index is 9.44. The van der Waals surface area contributed by atoms with Crippen LogP contribution in [-0.2, 0) is 16.1 Å². The molecule has 0 saturated carbocycles. The fraction of sp³-hybridized carbons (Fsp3) is 0.538. The summed E-state index contributed by atoms with van der Waals surface area (Å²) in [5.74, 6) is 0. The van der Waals surface area contributed by atoms with Crippen LogP contribution < -0.4 is 0 Å². The van der Waals surface area contributed by atoms with E-state index >= 15 is 0 Å². The van der Waals surface area contributed by atoms with E-state index in [-0.39, 0.29) is 12.2 Å². The average Bonchev–Trinajstić information content (AvgIpc) is 2.27. The van der Waals surface area contributed by atoms with E-state index in [0.29, 0.717) is 13.0 Å². The van der Waals surface area contributed by atoms with Crippen LogP contribution in [0.15, 0.2) is 30.3 Å². The monoisotopic (exact) mass is 222 g/mol. The van der Waals surface area contributed by atoms with Crippen molar-refractivity contribution in [2.45, 2.75) is 44.9 Å². The molecule has 16 heavy (non-hydrogen) atoms. The van der Waals surface area contributed by atoms with Gasteiger partial charge in [-0.2, -0.15) is 0 Å². The van der Waals surface area contributed by atoms with Crippen LogP contribution in [0.25, 0.3) is 0 Å². The van der Waals surface area contributed by atoms with Crippen molar-refractivity contribution in [2.24, 2.45) is 0 Å². The summed E-state index contributed by atoms with van der Waals surface area (Å²) in [5.41, 5.74) is 1.16. The molecule has 0 radical (unpaired) electrons. The van der Waals surface area contributed by atoms with Gasteiger partial charge in [0.15, 0.2) is 6.29 Å². The maximum absolute atomic E-state index is 9.44. The number of aliphatic hydroxyl groups is 1. The van der Waals surface area contributed by atoms with Crippen molar-refractivity contribution < 1.29 is 14.6 Å². The molecule has 0 aliphatic carbocycles. The first-order chi connectivity index (χ1) is 7.74. The summed E-state index contributed by atoms with van der Waals surface area (Å²) >= 11 is 0. The molecule has 0 spiro atoms. The van der Waals surface area contributed by atoms with Gasteiger partial charge in [0.1, 0.15) is 0 Å². The van der Waals surface area contributed by atoms with Crippen LogP contribution in [0.2, 0.25) is 0 Å². The summed E-state index contributed by atoms with van der Waals surface area (Å²) in [6, 6.07) is 10.1. The lowest BCUT2D eigenvalue weighted by Gasteiger charge is -2.30. The molecule has 1 aromatic rings. The van der Waals surface area contributed by atoms with Crippen LogP contribution in [0.1, 0.15) is 25.3 Å². The molecule has 3 nitrogen and oxygen atoms in total. The fourth-order valence-corrected chi connectivity index (χ4v) is 1.99. The van der Waals surface area contributed by atoms with Crippen molar-refractivity contribution in [1.29, 1.82) is 0 Å². The van der Waals surface area contributed by atoms with Gasteiger partial charge in [-0.05, 0) is 18.9 Å². The predicted octanol–water partition coefficient (Wildman–Crippen LogP) is 2.09. The molecule has 2 rings (SSSR count). The number of aliphatic hydroxyl groups excluding tert-OH is 1. The Hall–Kier alpha value is -0.900. The largest absolute Gasteiger partial charge is 0.373 e. The molecule has 0 bridgehead atoms. The Labute approximate surface area is 96.0 Å². The third kappa shape index (κ3) is 3.30. The summed E-state index contributed by atoms with van der Waals surface area (Å²) in [5, 5.41) is 9.44. The van der Waals surface area contributed by atoms with Gasteiger partial charge in [-0.3, -0.25) is 0 Å². The van der Waals surface area contributed by atoms with Gasteiger partial charge in [0.05, 0.1) is 18.8 Å². The predicted molar refractivity (Wildman–Crippen MR) is 60.8 cm³/mol. The molecule has 1 N–H and O–H groups in total. The molecule has 0 amide bonds. The molecule has 1 aliphatic rings. The van der Waals surface area contributed by atoms with Gasteiger partial charge >= 0.3 is 0 Å². The van der Waals surface area contributed by atoms with Crippen LogP contribution in [0.5, 0.6) is 0 Å². The van der Waals surface area contributed by atoms with E-state index in [1.807, 2.05) is 37.3 Å². The molecule has 3 heteroatoms. The number of hydrogen-bond acceptors (Lipinski definition) is 3. The van der Waals surface area contributed by atoms with Gasteiger partial charge in [0.2, 0.25) is 0 Å². The summed E-state index contributed by atoms with van der Waals surface area (Å²) in [4.78, 5) is 0. The molecule has 1 fully saturated rings. The molecule has 1 unspecified atom stereocenters. The fourth-order valence-electron chi connectivity index (χ4n) is 1.99. The van der Waals surface area contributed by atoms with Crippen molar-refractivity contribution >= 4 is 0 Å². The van der Waals surface area contributed by atoms with Crippen molar-refractivity contribution in [3.05, 3.63) is 35.9 Å². The third-order valence-corrected chi connectivity index (χ3v) is 2.78. The summed E-state index contributed by atoms with van der Waals surface area (Å²) in [7, 11) is 0. The lowest BCUT2D eigenvalue weighted by molar-refractivity contribution is -0.194. The molecule has 3 atom stereocenters. The second-order valence-corrected chi connectivity index (χ2v) is 4.29. The Morgan fingerprint density at radius 3 is 2.75 bits per heavy atom. The Morgan fingerprint density at radius 2 is 2.06 bits per heavy atom. The van der Waals surface area contributed by atoms with E-state index < -0.39 is 6.29 Å². The van der Waals surface area contributed by atoms with Crippen LogP contribution >= 0.6 is 0 Å². The van der Waals surface area contributed by atoms with Gasteiger partial charge in [-0.25, -0.2) is 0 Å². The Balaban J connectivity index is 1.81. The van der Waals surface area contributed by atoms with Gasteiger partial charge in [-0.1, -0.05) is 30.3 Å². The van der Waals surface area contributed by atoms with Gasteiger partial charge in [0.25, 0.3) is 0 Å². The number of hydrogen-bond donors (Lipinski definition) is 1. The second-order valence-electron chi connectivity index (χ2n) is 4.29. The molecular weight excluding hydrogens is 204 g/mol. The lowest BCUT2D eigenvalue weighted by atomic mass is 10.1. The highest BCUT2D eigenvalue weighted by Gasteiger charge is 2.26. The summed E-state index contributed by atoms with van der Waals surface area (Å²) < 4.78 is 11.0. The minimum absolute atomic E-state index is 0.0736. The molecular formula is C13H18O3. The van der Waals surface area contributed by atoms with Gasteiger partial charge in [-0.15, -0.1) is 0 Å². The lowest BCUT2D eigenvalue weighted by Crippen LogP contribution is -2.35. The van der Waals surface area contributed by atoms with E-state index in [1.54, 1.807) is 0 Å². The summed E-state index contributed by atoms with van der Waals surface area (Å²) in [6.07, 6.45) is 0.911. The zero-order chi connectivity index (χ0) is 11.4. The number of benzene rings is 1. The van der Waals surface area contributed by atoms with Gasteiger partial charge in [0, 0.05) is 6.42 Å². The topological polar surface area (TPSA) is 38.7 Å². The second kappa shape index (κ2) is 5.43. The first kappa shape index (κ1) is 11.6. The molecule has 0 aromatic heterocycles. The first-order valence-corrected chi connectivity index (χ1v) is 5.73. The highest BCUT2D eigenvalue weighted by atomic mass is 16.6. The van der Waals surface area contributed by atoms with E-state index in [2.05, 4.69) is 0 Å². The zero-order valence-electron chi connectivity index (χ0n) is 9.50. The van der Waals surface area contributed by atoms with Crippen LogP contribution in [0.4, 0.5) is 0 Å². The van der Waals surface area contributed by atoms with E-state index in [1.165, 1.54) is 0 Å². The Kier molecular flexibility index (Phi) is 3.93. The SMILES string of the molecule is C[C@@H]1C[C@H](OCc2ccccc2)CC(O)O1. The minimum Gasteiger partial charge on any atom is -0.373 e. The van der Waals surface area contributed by atoms with E-state index in [0.717, 1.165) is 12.0 Å². The van der Waals surface area contributed by atoms with Crippen LogP contribution in [-0.4, -0.2) is 23.6 Å². The Morgan fingerprint density at radius 1 is 1.31 bits per heavy atom. The van der Waals surface area contributed by atoms with Crippen molar-refractivity contribution in [3.8, 4) is 0 Å². The first-order valence-electron chi connectivity index (χ1n) is 5.73. The molecule has 1 aliphatic heterocycles. The highest BCUT2D eigenvalue weighted by Crippen LogP contribution is 2.21. The third-order valence-electron chi connectivity index (χ3n) is 2.78. The average molecular weight is 222 g/mol. The smallest absolute Gasteiger partial charge is 0.157 e. The van der Waals surface area contributed by atoms with Crippen molar-refractivity contribution in [3.63, 3.8) is 0 Å². The van der Waals surface area contributed by atoms with Crippen LogP contribution in [0, 0.1) is 0 Å². The Bertz CT molecular complexity index is 302. The van der Waals surface area contributed by atoms with Crippen LogP contribution in [0.3, 0.4) is 0 Å². The maximum Gasteiger partial charge on any atom is 0.157 e. The minimum atomic E-state index is -0.676. The number of rotatable bonds is 3. The zero-order valence-corrected chi connectivity index (χ0v) is 9.50. The molecule has 1 heterocycles. The molecule has 88 valence electrons. The van der Waals surface area contributed by atoms with Gasteiger partial charge < -0.3 is 14.6 Å². The standard InChI is InChI=1S/C13H18O3/c1-10-7-12(8-13(14)16-10)15-9-11-5-3-2-4-6-11/h2-6,10,12-14H,7-9H2,1H3/t10-,12+,13?/m1/s1.